The van der Waals surface area contributed by atoms with Gasteiger partial charge in [0.2, 0.25) is 12.2 Å². The monoisotopic (exact) mass is 846 g/mol. The van der Waals surface area contributed by atoms with Crippen molar-refractivity contribution in [1.82, 2.24) is 5.32 Å². The molecule has 0 aromatic heterocycles. The molecule has 16 nitrogen and oxygen atoms in total. The van der Waals surface area contributed by atoms with Crippen LogP contribution in [0.4, 0.5) is 0 Å². The normalized spacial score (nSPS) is 27.9. The average molecular weight is 847 g/mol. The maximum Gasteiger partial charge on any atom is 0.238 e. The molecule has 2 fully saturated rings. The van der Waals surface area contributed by atoms with Crippen LogP contribution >= 0.6 is 0 Å². The van der Waals surface area contributed by atoms with Crippen molar-refractivity contribution in [2.45, 2.75) is 106 Å². The van der Waals surface area contributed by atoms with Crippen LogP contribution in [0.15, 0.2) is 109 Å². The number of aldehydes is 1. The fourth-order valence-electron chi connectivity index (χ4n) is 7.13. The number of rotatable bonds is 19. The molecule has 9 N–H and O–H groups in total. The molecule has 61 heavy (non-hydrogen) atoms. The van der Waals surface area contributed by atoms with E-state index in [2.05, 4.69) is 5.32 Å². The number of aliphatic hydroxyl groups is 6. The Bertz CT molecular complexity index is 1940. The summed E-state index contributed by atoms with van der Waals surface area (Å²) in [5, 5.41) is 67.0. The molecule has 0 aliphatic carbocycles. The Kier molecular flexibility index (Phi) is 16.3. The van der Waals surface area contributed by atoms with E-state index >= 15 is 0 Å². The summed E-state index contributed by atoms with van der Waals surface area (Å²) in [7, 11) is 0. The minimum absolute atomic E-state index is 0.0719. The quantitative estimate of drug-likeness (QED) is 0.0610. The van der Waals surface area contributed by atoms with Crippen LogP contribution in [0.25, 0.3) is 0 Å². The van der Waals surface area contributed by atoms with Crippen molar-refractivity contribution in [3.05, 3.63) is 131 Å². The Labute approximate surface area is 353 Å². The molecule has 0 bridgehead atoms. The van der Waals surface area contributed by atoms with Gasteiger partial charge in [-0.05, 0) is 52.9 Å². The third-order valence-electron chi connectivity index (χ3n) is 10.8. The van der Waals surface area contributed by atoms with Crippen LogP contribution in [0.2, 0.25) is 0 Å². The molecule has 4 aromatic rings. The molecular formula is C45H54N2O14. The van der Waals surface area contributed by atoms with E-state index in [9.17, 15) is 40.2 Å². The number of ether oxygens (including phenoxy) is 6. The van der Waals surface area contributed by atoms with Crippen LogP contribution in [0.3, 0.4) is 0 Å². The predicted octanol–water partition coefficient (Wildman–Crippen LogP) is 0.850. The highest BCUT2D eigenvalue weighted by molar-refractivity contribution is 5.85. The van der Waals surface area contributed by atoms with Crippen molar-refractivity contribution in [1.29, 1.82) is 0 Å². The summed E-state index contributed by atoms with van der Waals surface area (Å²) < 4.78 is 35.4. The van der Waals surface area contributed by atoms with Crippen molar-refractivity contribution >= 4 is 12.2 Å². The summed E-state index contributed by atoms with van der Waals surface area (Å²) in [5.41, 5.74) is 9.47. The molecule has 11 unspecified atom stereocenters. The lowest BCUT2D eigenvalue weighted by Crippen LogP contribution is -2.65. The van der Waals surface area contributed by atoms with Gasteiger partial charge in [-0.3, -0.25) is 4.79 Å². The van der Waals surface area contributed by atoms with E-state index in [-0.39, 0.29) is 24.7 Å². The number of carbonyl (C=O) groups is 2. The Morgan fingerprint density at radius 1 is 0.705 bits per heavy atom. The third kappa shape index (κ3) is 11.8. The van der Waals surface area contributed by atoms with Gasteiger partial charge in [0, 0.05) is 5.92 Å². The molecule has 6 rings (SSSR count). The highest BCUT2D eigenvalue weighted by Crippen LogP contribution is 2.32. The number of amides is 1. The zero-order chi connectivity index (χ0) is 43.5. The number of nitrogens with one attached hydrogen (secondary N) is 1. The summed E-state index contributed by atoms with van der Waals surface area (Å²) in [6.07, 6.45) is -14.2. The van der Waals surface area contributed by atoms with E-state index in [0.717, 1.165) is 11.1 Å². The SMILES string of the molecule is CC(c1ccccc1)[C@H](N)C(=O)N[C@H](C=O)Cc1ccc(OC2OC(CO)C(OC3OC(CO)C(O)C(O)C3OCc3ccc(OCc4ccccc4)cc3)C(O)C2O)cc1. The number of benzene rings is 4. The Hall–Kier alpha value is -4.82. The van der Waals surface area contributed by atoms with Gasteiger partial charge in [0.05, 0.1) is 31.9 Å². The number of aliphatic hydroxyl groups excluding tert-OH is 6. The summed E-state index contributed by atoms with van der Waals surface area (Å²) in [6.45, 7) is 0.754. The van der Waals surface area contributed by atoms with Gasteiger partial charge in [0.25, 0.3) is 0 Å². The van der Waals surface area contributed by atoms with Gasteiger partial charge in [-0.25, -0.2) is 0 Å². The summed E-state index contributed by atoms with van der Waals surface area (Å²) in [5.74, 6) is 0.0791. The van der Waals surface area contributed by atoms with Gasteiger partial charge in [-0.2, -0.15) is 0 Å². The van der Waals surface area contributed by atoms with Crippen molar-refractivity contribution in [3.63, 3.8) is 0 Å². The second-order valence-electron chi connectivity index (χ2n) is 15.2. The van der Waals surface area contributed by atoms with E-state index in [1.807, 2.05) is 67.6 Å². The minimum atomic E-state index is -1.73. The maximum atomic E-state index is 12.9. The number of carbonyl (C=O) groups excluding carboxylic acids is 2. The zero-order valence-corrected chi connectivity index (χ0v) is 33.5. The van der Waals surface area contributed by atoms with Crippen LogP contribution in [0.1, 0.15) is 35.1 Å². The zero-order valence-electron chi connectivity index (χ0n) is 33.5. The standard InChI is InChI=1S/C45H54N2O14/c1-26(30-10-6-3-7-11-30)36(46)43(55)47-31(21-48)20-27-12-18-33(19-13-27)58-44-40(54)39(53)41(35(23-50)60-44)61-45-42(38(52)37(51)34(22-49)59-45)57-25-29-14-16-32(17-15-29)56-24-28-8-4-2-5-9-28/h2-19,21,26,31,34-42,44-45,49-54H,20,22-25,46H2,1H3,(H,47,55)/t26?,31-,34?,35?,36-,37?,38?,39?,40?,41?,42?,44?,45?/m0/s1. The van der Waals surface area contributed by atoms with E-state index < -0.39 is 92.6 Å². The predicted molar refractivity (Wildman–Crippen MR) is 218 cm³/mol. The first kappa shape index (κ1) is 45.7. The van der Waals surface area contributed by atoms with Gasteiger partial charge in [0.15, 0.2) is 6.29 Å². The summed E-state index contributed by atoms with van der Waals surface area (Å²) in [4.78, 5) is 24.8. The summed E-state index contributed by atoms with van der Waals surface area (Å²) >= 11 is 0. The van der Waals surface area contributed by atoms with Crippen LogP contribution in [-0.2, 0) is 48.2 Å². The molecular weight excluding hydrogens is 792 g/mol. The average Bonchev–Trinajstić information content (AvgIpc) is 3.29. The fraction of sp³-hybridized carbons (Fsp3) is 0.422. The summed E-state index contributed by atoms with van der Waals surface area (Å²) in [6, 6.07) is 30.7. The first-order valence-electron chi connectivity index (χ1n) is 20.1. The van der Waals surface area contributed by atoms with E-state index in [4.69, 9.17) is 34.2 Å². The van der Waals surface area contributed by atoms with Gasteiger partial charge in [-0.15, -0.1) is 0 Å². The molecule has 0 saturated carbocycles. The van der Waals surface area contributed by atoms with Crippen molar-refractivity contribution in [2.24, 2.45) is 5.73 Å². The van der Waals surface area contributed by atoms with Crippen LogP contribution in [0, 0.1) is 0 Å². The van der Waals surface area contributed by atoms with Crippen LogP contribution in [-0.4, -0.2) is 130 Å². The fourth-order valence-corrected chi connectivity index (χ4v) is 7.13. The van der Waals surface area contributed by atoms with Gasteiger partial charge in [0.1, 0.15) is 73.2 Å². The van der Waals surface area contributed by atoms with Crippen LogP contribution < -0.4 is 20.5 Å². The Morgan fingerprint density at radius 3 is 1.92 bits per heavy atom. The smallest absolute Gasteiger partial charge is 0.238 e. The molecule has 13 atom stereocenters. The number of hydrogen-bond acceptors (Lipinski definition) is 15. The third-order valence-corrected chi connectivity index (χ3v) is 10.8. The van der Waals surface area contributed by atoms with Crippen molar-refractivity contribution < 1.29 is 68.6 Å². The first-order valence-corrected chi connectivity index (χ1v) is 20.1. The first-order chi connectivity index (χ1) is 29.5. The Balaban J connectivity index is 1.04. The Morgan fingerprint density at radius 2 is 1.28 bits per heavy atom. The topological polar surface area (TPSA) is 249 Å². The van der Waals surface area contributed by atoms with E-state index in [1.54, 1.807) is 48.5 Å². The largest absolute Gasteiger partial charge is 0.489 e. The molecule has 0 radical (unpaired) electrons. The highest BCUT2D eigenvalue weighted by atomic mass is 16.7. The number of hydrogen-bond donors (Lipinski definition) is 8. The minimum Gasteiger partial charge on any atom is -0.489 e. The van der Waals surface area contributed by atoms with Gasteiger partial charge >= 0.3 is 0 Å². The molecule has 1 amide bonds. The molecule has 16 heteroatoms. The molecule has 2 heterocycles. The molecule has 2 saturated heterocycles. The number of nitrogens with two attached hydrogens (primary N) is 1. The maximum absolute atomic E-state index is 12.9. The molecule has 0 spiro atoms. The second kappa shape index (κ2) is 21.8. The molecule has 2 aliphatic rings. The van der Waals surface area contributed by atoms with E-state index in [0.29, 0.717) is 29.8 Å². The lowest BCUT2D eigenvalue weighted by Gasteiger charge is -2.46. The van der Waals surface area contributed by atoms with Gasteiger partial charge < -0.3 is 74.9 Å². The molecule has 2 aliphatic heterocycles. The van der Waals surface area contributed by atoms with Crippen LogP contribution in [0.5, 0.6) is 11.5 Å². The lowest BCUT2D eigenvalue weighted by molar-refractivity contribution is -0.357. The second-order valence-corrected chi connectivity index (χ2v) is 15.2. The highest BCUT2D eigenvalue weighted by Gasteiger charge is 2.52. The van der Waals surface area contributed by atoms with Crippen molar-refractivity contribution in [3.8, 4) is 11.5 Å². The van der Waals surface area contributed by atoms with E-state index in [1.165, 1.54) is 0 Å². The van der Waals surface area contributed by atoms with Crippen molar-refractivity contribution in [2.75, 3.05) is 13.2 Å². The van der Waals surface area contributed by atoms with Gasteiger partial charge in [-0.1, -0.05) is 91.9 Å². The molecule has 328 valence electrons. The lowest BCUT2D eigenvalue weighted by atomic mass is 9.93. The molecule has 4 aromatic carbocycles.